The lowest BCUT2D eigenvalue weighted by molar-refractivity contribution is 0.101. The highest BCUT2D eigenvalue weighted by atomic mass is 32.2. The van der Waals surface area contributed by atoms with Crippen LogP contribution in [0, 0.1) is 5.82 Å². The summed E-state index contributed by atoms with van der Waals surface area (Å²) in [5, 5.41) is 2.70. The number of halogens is 1. The fourth-order valence-corrected chi connectivity index (χ4v) is 4.75. The van der Waals surface area contributed by atoms with Gasteiger partial charge in [0, 0.05) is 5.69 Å². The van der Waals surface area contributed by atoms with Gasteiger partial charge < -0.3 is 5.32 Å². The Balaban J connectivity index is 1.96. The van der Waals surface area contributed by atoms with Gasteiger partial charge >= 0.3 is 6.03 Å². The lowest BCUT2D eigenvalue weighted by Crippen LogP contribution is -2.34. The maximum absolute atomic E-state index is 14.0. The molecule has 0 bridgehead atoms. The van der Waals surface area contributed by atoms with Crippen LogP contribution in [0.5, 0.6) is 0 Å². The normalized spacial score (nSPS) is 18.2. The highest BCUT2D eigenvalue weighted by Crippen LogP contribution is 2.34. The first-order chi connectivity index (χ1) is 13.1. The van der Waals surface area contributed by atoms with Crippen LogP contribution in [0.1, 0.15) is 61.0 Å². The molecule has 3 rings (SSSR count). The number of hydrogen-bond acceptors (Lipinski definition) is 3. The quantitative estimate of drug-likeness (QED) is 0.769. The van der Waals surface area contributed by atoms with Crippen molar-refractivity contribution in [2.45, 2.75) is 44.4 Å². The summed E-state index contributed by atoms with van der Waals surface area (Å²) in [6, 6.07) is 8.27. The predicted octanol–water partition coefficient (Wildman–Crippen LogP) is 4.79. The largest absolute Gasteiger partial charge is 0.331 e. The van der Waals surface area contributed by atoms with E-state index in [0.29, 0.717) is 16.8 Å². The van der Waals surface area contributed by atoms with Crippen LogP contribution in [-0.2, 0) is 9.92 Å². The molecule has 1 unspecified atom stereocenters. The standard InChI is InChI=1S/C20H22FN3O3S/c1-11(2)15-9-13(21)10-16(12(3)4)18(15)22-20(26)24-28(27)17-8-6-5-7-14(17)19(25)23-28/h5-12H,1-4H3,(H2,22,23,24,25,26,27). The minimum atomic E-state index is -3.42. The molecule has 2 aromatic rings. The van der Waals surface area contributed by atoms with E-state index in [1.54, 1.807) is 12.1 Å². The molecule has 0 aliphatic carbocycles. The number of anilines is 1. The Morgan fingerprint density at radius 2 is 1.64 bits per heavy atom. The number of carbonyl (C=O) groups excluding carboxylic acids is 2. The highest BCUT2D eigenvalue weighted by molar-refractivity contribution is 7.93. The Kier molecular flexibility index (Phi) is 5.25. The molecular formula is C20H22FN3O3S. The zero-order valence-corrected chi connectivity index (χ0v) is 16.9. The van der Waals surface area contributed by atoms with E-state index < -0.39 is 21.9 Å². The lowest BCUT2D eigenvalue weighted by atomic mass is 9.92. The van der Waals surface area contributed by atoms with Gasteiger partial charge in [-0.1, -0.05) is 39.8 Å². The number of carbonyl (C=O) groups is 2. The molecule has 2 N–H and O–H groups in total. The lowest BCUT2D eigenvalue weighted by Gasteiger charge is -2.21. The van der Waals surface area contributed by atoms with Crippen molar-refractivity contribution in [3.8, 4) is 0 Å². The molecule has 0 spiro atoms. The fourth-order valence-electron chi connectivity index (χ4n) is 3.15. The number of benzene rings is 2. The molecule has 0 aromatic heterocycles. The third kappa shape index (κ3) is 3.64. The van der Waals surface area contributed by atoms with E-state index >= 15 is 0 Å². The molecule has 0 saturated carbocycles. The number of urea groups is 1. The average molecular weight is 403 g/mol. The second kappa shape index (κ2) is 7.35. The van der Waals surface area contributed by atoms with E-state index in [2.05, 4.69) is 14.4 Å². The van der Waals surface area contributed by atoms with Crippen LogP contribution >= 0.6 is 0 Å². The van der Waals surface area contributed by atoms with Crippen molar-refractivity contribution >= 4 is 27.5 Å². The average Bonchev–Trinajstić information content (AvgIpc) is 2.86. The van der Waals surface area contributed by atoms with Crippen molar-refractivity contribution in [3.63, 3.8) is 0 Å². The van der Waals surface area contributed by atoms with Gasteiger partial charge in [0.15, 0.2) is 9.92 Å². The monoisotopic (exact) mass is 403 g/mol. The molecule has 1 atom stereocenters. The van der Waals surface area contributed by atoms with Crippen LogP contribution in [0.4, 0.5) is 14.9 Å². The van der Waals surface area contributed by atoms with E-state index in [1.807, 2.05) is 27.7 Å². The molecule has 28 heavy (non-hydrogen) atoms. The number of nitrogens with zero attached hydrogens (tertiary/aromatic N) is 1. The van der Waals surface area contributed by atoms with Gasteiger partial charge in [-0.05, 0) is 47.2 Å². The molecule has 1 heterocycles. The molecule has 6 nitrogen and oxygen atoms in total. The molecule has 8 heteroatoms. The van der Waals surface area contributed by atoms with E-state index in [4.69, 9.17) is 0 Å². The zero-order chi connectivity index (χ0) is 20.6. The summed E-state index contributed by atoms with van der Waals surface area (Å²) >= 11 is 0. The smallest absolute Gasteiger partial charge is 0.307 e. The summed E-state index contributed by atoms with van der Waals surface area (Å²) in [5.74, 6) is -1.10. The van der Waals surface area contributed by atoms with E-state index in [9.17, 15) is 18.2 Å². The predicted molar refractivity (Wildman–Crippen MR) is 106 cm³/mol. The molecule has 1 aliphatic heterocycles. The van der Waals surface area contributed by atoms with Gasteiger partial charge in [0.05, 0.1) is 10.5 Å². The van der Waals surface area contributed by atoms with Crippen molar-refractivity contribution in [3.05, 3.63) is 58.9 Å². The van der Waals surface area contributed by atoms with Crippen molar-refractivity contribution in [1.29, 1.82) is 0 Å². The Morgan fingerprint density at radius 1 is 1.07 bits per heavy atom. The minimum Gasteiger partial charge on any atom is -0.307 e. The molecule has 148 valence electrons. The summed E-state index contributed by atoms with van der Waals surface area (Å²) in [6.07, 6.45) is 0. The molecule has 1 aliphatic rings. The van der Waals surface area contributed by atoms with E-state index in [1.165, 1.54) is 24.3 Å². The number of nitrogens with one attached hydrogen (secondary N) is 2. The van der Waals surface area contributed by atoms with Gasteiger partial charge in [0.25, 0.3) is 5.91 Å². The number of hydrogen-bond donors (Lipinski definition) is 2. The minimum absolute atomic E-state index is 0.0458. The molecule has 0 radical (unpaired) electrons. The first-order valence-corrected chi connectivity index (χ1v) is 10.5. The summed E-state index contributed by atoms with van der Waals surface area (Å²) < 4.78 is 33.1. The number of amides is 3. The van der Waals surface area contributed by atoms with Gasteiger partial charge in [0.2, 0.25) is 0 Å². The second-order valence-corrected chi connectivity index (χ2v) is 9.12. The number of rotatable bonds is 4. The summed E-state index contributed by atoms with van der Waals surface area (Å²) in [5.41, 5.74) is 1.95. The summed E-state index contributed by atoms with van der Waals surface area (Å²) in [7, 11) is -3.42. The van der Waals surface area contributed by atoms with E-state index in [-0.39, 0.29) is 28.1 Å². The molecular weight excluding hydrogens is 381 g/mol. The van der Waals surface area contributed by atoms with Crippen LogP contribution in [0.15, 0.2) is 45.7 Å². The van der Waals surface area contributed by atoms with Gasteiger partial charge in [-0.3, -0.25) is 4.79 Å². The third-order valence-corrected chi connectivity index (χ3v) is 6.34. The van der Waals surface area contributed by atoms with E-state index in [0.717, 1.165) is 0 Å². The van der Waals surface area contributed by atoms with Crippen LogP contribution in [0.2, 0.25) is 0 Å². The molecule has 0 fully saturated rings. The maximum Gasteiger partial charge on any atom is 0.331 e. The van der Waals surface area contributed by atoms with Crippen LogP contribution < -0.4 is 10.0 Å². The van der Waals surface area contributed by atoms with Crippen molar-refractivity contribution in [2.24, 2.45) is 4.36 Å². The summed E-state index contributed by atoms with van der Waals surface area (Å²) in [4.78, 5) is 24.8. The Labute approximate surface area is 163 Å². The highest BCUT2D eigenvalue weighted by Gasteiger charge is 2.30. The Bertz CT molecular complexity index is 1060. The van der Waals surface area contributed by atoms with Crippen LogP contribution in [-0.4, -0.2) is 16.1 Å². The van der Waals surface area contributed by atoms with Crippen molar-refractivity contribution in [2.75, 3.05) is 5.32 Å². The van der Waals surface area contributed by atoms with Gasteiger partial charge in [0.1, 0.15) is 5.82 Å². The van der Waals surface area contributed by atoms with Gasteiger partial charge in [-0.15, -0.1) is 4.36 Å². The Hall–Kier alpha value is -2.74. The third-order valence-electron chi connectivity index (χ3n) is 4.50. The maximum atomic E-state index is 14.0. The van der Waals surface area contributed by atoms with Gasteiger partial charge in [-0.25, -0.2) is 18.1 Å². The van der Waals surface area contributed by atoms with Crippen molar-refractivity contribution < 1.29 is 18.2 Å². The van der Waals surface area contributed by atoms with Crippen LogP contribution in [0.25, 0.3) is 0 Å². The first kappa shape index (κ1) is 20.0. The van der Waals surface area contributed by atoms with Crippen LogP contribution in [0.3, 0.4) is 0 Å². The topological polar surface area (TPSA) is 87.6 Å². The Morgan fingerprint density at radius 3 is 2.21 bits per heavy atom. The first-order valence-electron chi connectivity index (χ1n) is 8.95. The SMILES string of the molecule is CC(C)c1cc(F)cc(C(C)C)c1NC(=O)NS1(=O)=NC(=O)c2ccccc21. The number of fused-ring (bicyclic) bond motifs is 1. The zero-order valence-electron chi connectivity index (χ0n) is 16.1. The second-order valence-electron chi connectivity index (χ2n) is 7.24. The van der Waals surface area contributed by atoms with Gasteiger partial charge in [-0.2, -0.15) is 0 Å². The molecule has 0 saturated heterocycles. The summed E-state index contributed by atoms with van der Waals surface area (Å²) in [6.45, 7) is 7.57. The molecule has 2 aromatic carbocycles. The molecule has 3 amide bonds. The fraction of sp³-hybridized carbons (Fsp3) is 0.300. The van der Waals surface area contributed by atoms with Crippen molar-refractivity contribution in [1.82, 2.24) is 4.72 Å².